The predicted molar refractivity (Wildman–Crippen MR) is 136 cm³/mol. The lowest BCUT2D eigenvalue weighted by atomic mass is 10.1. The highest BCUT2D eigenvalue weighted by Crippen LogP contribution is 2.33. The van der Waals surface area contributed by atoms with Crippen molar-refractivity contribution < 1.29 is 14.1 Å². The zero-order chi connectivity index (χ0) is 25.5. The van der Waals surface area contributed by atoms with Crippen LogP contribution in [0.15, 0.2) is 70.2 Å². The first kappa shape index (κ1) is 24.1. The van der Waals surface area contributed by atoms with Crippen LogP contribution < -0.4 is 20.4 Å². The molecular formula is C24H24N8O4. The molecule has 0 spiro atoms. The monoisotopic (exact) mass is 488 g/mol. The number of hydrogen-bond donors (Lipinski definition) is 2. The van der Waals surface area contributed by atoms with Crippen LogP contribution in [0.4, 0.5) is 23.5 Å². The fourth-order valence-corrected chi connectivity index (χ4v) is 3.19. The molecule has 0 radical (unpaired) electrons. The molecule has 4 rings (SSSR count). The number of methoxy groups -OCH3 is 1. The van der Waals surface area contributed by atoms with Crippen molar-refractivity contribution in [3.05, 3.63) is 82.1 Å². The van der Waals surface area contributed by atoms with Gasteiger partial charge >= 0.3 is 0 Å². The lowest BCUT2D eigenvalue weighted by Gasteiger charge is -2.13. The average molecular weight is 489 g/mol. The summed E-state index contributed by atoms with van der Waals surface area (Å²) >= 11 is 0. The molecule has 0 aliphatic rings. The predicted octanol–water partition coefficient (Wildman–Crippen LogP) is 4.17. The van der Waals surface area contributed by atoms with Gasteiger partial charge in [-0.3, -0.25) is 10.1 Å². The summed E-state index contributed by atoms with van der Waals surface area (Å²) in [6.45, 7) is 0.549. The first-order valence-corrected chi connectivity index (χ1v) is 10.9. The third kappa shape index (κ3) is 5.91. The number of aromatic nitrogens is 3. The summed E-state index contributed by atoms with van der Waals surface area (Å²) in [5, 5.41) is 18.8. The Hall–Kier alpha value is -5.00. The minimum atomic E-state index is -0.484. The van der Waals surface area contributed by atoms with Crippen LogP contribution in [0.25, 0.3) is 11.3 Å². The highest BCUT2D eigenvalue weighted by molar-refractivity contribution is 5.79. The molecule has 0 saturated carbocycles. The van der Waals surface area contributed by atoms with Crippen molar-refractivity contribution >= 4 is 29.7 Å². The zero-order valence-corrected chi connectivity index (χ0v) is 19.9. The minimum absolute atomic E-state index is 0.123. The fourth-order valence-electron chi connectivity index (χ4n) is 3.19. The summed E-state index contributed by atoms with van der Waals surface area (Å²) in [6, 6.07) is 17.7. The van der Waals surface area contributed by atoms with E-state index in [0.29, 0.717) is 41.3 Å². The topological polar surface area (TPSA) is 144 Å². The molecule has 12 nitrogen and oxygen atoms in total. The van der Waals surface area contributed by atoms with Gasteiger partial charge in [0, 0.05) is 20.6 Å². The molecule has 4 aromatic rings. The summed E-state index contributed by atoms with van der Waals surface area (Å²) in [7, 11) is 5.10. The molecule has 0 amide bonds. The summed E-state index contributed by atoms with van der Waals surface area (Å²) < 4.78 is 10.8. The van der Waals surface area contributed by atoms with E-state index in [4.69, 9.17) is 9.15 Å². The Kier molecular flexibility index (Phi) is 7.34. The number of nitro benzene ring substituents is 1. The lowest BCUT2D eigenvalue weighted by molar-refractivity contribution is -0.384. The first-order valence-electron chi connectivity index (χ1n) is 10.9. The number of nitrogens with zero attached hydrogens (tertiary/aromatic N) is 6. The molecule has 0 aliphatic heterocycles. The van der Waals surface area contributed by atoms with Crippen molar-refractivity contribution in [2.24, 2.45) is 5.10 Å². The van der Waals surface area contributed by atoms with E-state index in [1.807, 2.05) is 44.4 Å². The van der Waals surface area contributed by atoms with Gasteiger partial charge in [-0.25, -0.2) is 5.43 Å². The van der Waals surface area contributed by atoms with Crippen molar-refractivity contribution in [3.63, 3.8) is 0 Å². The van der Waals surface area contributed by atoms with Crippen LogP contribution in [-0.2, 0) is 6.54 Å². The maximum Gasteiger partial charge on any atom is 0.284 e. The summed E-state index contributed by atoms with van der Waals surface area (Å²) in [5.74, 6) is 2.17. The molecule has 2 N–H and O–H groups in total. The highest BCUT2D eigenvalue weighted by atomic mass is 16.6. The Bertz CT molecular complexity index is 1370. The van der Waals surface area contributed by atoms with Gasteiger partial charge in [-0.15, -0.1) is 0 Å². The molecule has 0 bridgehead atoms. The molecule has 0 aliphatic carbocycles. The SMILES string of the molecule is COc1ccc(-c2ccc(/C=N/Nc3nc(NCc4ccccc4)nc(N(C)C)n3)o2)c([N+](=O)[O-])c1. The molecule has 36 heavy (non-hydrogen) atoms. The number of nitro groups is 1. The number of hydrazone groups is 1. The van der Waals surface area contributed by atoms with Gasteiger partial charge in [-0.2, -0.15) is 20.1 Å². The maximum atomic E-state index is 11.5. The maximum absolute atomic E-state index is 11.5. The Morgan fingerprint density at radius 2 is 1.86 bits per heavy atom. The van der Waals surface area contributed by atoms with Crippen LogP contribution in [0, 0.1) is 10.1 Å². The summed E-state index contributed by atoms with van der Waals surface area (Å²) in [4.78, 5) is 25.8. The molecule has 12 heteroatoms. The highest BCUT2D eigenvalue weighted by Gasteiger charge is 2.19. The third-order valence-electron chi connectivity index (χ3n) is 4.97. The Morgan fingerprint density at radius 3 is 2.58 bits per heavy atom. The number of nitrogens with one attached hydrogen (secondary N) is 2. The van der Waals surface area contributed by atoms with Crippen molar-refractivity contribution in [3.8, 4) is 17.1 Å². The van der Waals surface area contributed by atoms with E-state index in [0.717, 1.165) is 5.56 Å². The van der Waals surface area contributed by atoms with Crippen molar-refractivity contribution in [2.45, 2.75) is 6.54 Å². The molecule has 2 aromatic heterocycles. The molecule has 0 atom stereocenters. The van der Waals surface area contributed by atoms with Gasteiger partial charge in [0.15, 0.2) is 0 Å². The van der Waals surface area contributed by atoms with E-state index < -0.39 is 4.92 Å². The second-order valence-electron chi connectivity index (χ2n) is 7.73. The van der Waals surface area contributed by atoms with E-state index in [2.05, 4.69) is 30.8 Å². The molecule has 0 unspecified atom stereocenters. The number of rotatable bonds is 10. The Balaban J connectivity index is 1.48. The normalized spacial score (nSPS) is 10.9. The second kappa shape index (κ2) is 11.0. The minimum Gasteiger partial charge on any atom is -0.497 e. The van der Waals surface area contributed by atoms with E-state index in [1.165, 1.54) is 19.4 Å². The number of hydrogen-bond acceptors (Lipinski definition) is 11. The van der Waals surface area contributed by atoms with Gasteiger partial charge in [-0.1, -0.05) is 30.3 Å². The molecular weight excluding hydrogens is 464 g/mol. The lowest BCUT2D eigenvalue weighted by Crippen LogP contribution is -2.16. The molecule has 0 fully saturated rings. The Labute approximate surface area is 206 Å². The van der Waals surface area contributed by atoms with Crippen LogP contribution in [0.1, 0.15) is 11.3 Å². The van der Waals surface area contributed by atoms with E-state index in [1.54, 1.807) is 29.2 Å². The average Bonchev–Trinajstić information content (AvgIpc) is 3.36. The van der Waals surface area contributed by atoms with Gasteiger partial charge in [0.05, 0.1) is 29.9 Å². The van der Waals surface area contributed by atoms with Crippen LogP contribution in [-0.4, -0.2) is 47.3 Å². The van der Waals surface area contributed by atoms with Crippen LogP contribution in [0.5, 0.6) is 5.75 Å². The van der Waals surface area contributed by atoms with Crippen molar-refractivity contribution in [2.75, 3.05) is 36.8 Å². The van der Waals surface area contributed by atoms with Gasteiger partial charge in [0.2, 0.25) is 17.8 Å². The smallest absolute Gasteiger partial charge is 0.284 e. The van der Waals surface area contributed by atoms with E-state index in [9.17, 15) is 10.1 Å². The van der Waals surface area contributed by atoms with Crippen molar-refractivity contribution in [1.29, 1.82) is 0 Å². The van der Waals surface area contributed by atoms with Gasteiger partial charge in [0.1, 0.15) is 17.3 Å². The number of ether oxygens (including phenoxy) is 1. The third-order valence-corrected chi connectivity index (χ3v) is 4.97. The summed E-state index contributed by atoms with van der Waals surface area (Å²) in [6.07, 6.45) is 1.43. The van der Waals surface area contributed by atoms with Crippen LogP contribution >= 0.6 is 0 Å². The van der Waals surface area contributed by atoms with Crippen LogP contribution in [0.2, 0.25) is 0 Å². The van der Waals surface area contributed by atoms with Gasteiger partial charge in [-0.05, 0) is 29.8 Å². The molecule has 2 aromatic carbocycles. The largest absolute Gasteiger partial charge is 0.497 e. The molecule has 2 heterocycles. The quantitative estimate of drug-likeness (QED) is 0.189. The second-order valence-corrected chi connectivity index (χ2v) is 7.73. The Morgan fingerprint density at radius 1 is 1.08 bits per heavy atom. The number of benzene rings is 2. The number of furan rings is 1. The molecule has 184 valence electrons. The van der Waals surface area contributed by atoms with E-state index in [-0.39, 0.29) is 11.6 Å². The number of anilines is 3. The first-order chi connectivity index (χ1) is 17.4. The summed E-state index contributed by atoms with van der Waals surface area (Å²) in [5.41, 5.74) is 4.07. The van der Waals surface area contributed by atoms with Crippen LogP contribution in [0.3, 0.4) is 0 Å². The zero-order valence-electron chi connectivity index (χ0n) is 19.9. The van der Waals surface area contributed by atoms with Gasteiger partial charge < -0.3 is 19.4 Å². The standard InChI is InChI=1S/C24H24N8O4/c1-31(2)24-28-22(25-14-16-7-5-4-6-8-16)27-23(29-24)30-26-15-18-10-12-21(36-18)19-11-9-17(35-3)13-20(19)32(33)34/h4-13,15H,14H2,1-3H3,(H2,25,27,28,29,30)/b26-15+. The van der Waals surface area contributed by atoms with Crippen molar-refractivity contribution in [1.82, 2.24) is 15.0 Å². The van der Waals surface area contributed by atoms with E-state index >= 15 is 0 Å². The molecule has 0 saturated heterocycles. The fraction of sp³-hybridized carbons (Fsp3) is 0.167. The van der Waals surface area contributed by atoms with Gasteiger partial charge in [0.25, 0.3) is 5.69 Å².